The Morgan fingerprint density at radius 1 is 0.861 bits per heavy atom. The van der Waals surface area contributed by atoms with Crippen molar-refractivity contribution >= 4 is 20.2 Å². The maximum absolute atomic E-state index is 10.4. The number of hydrogen-bond donors (Lipinski definition) is 3. The van der Waals surface area contributed by atoms with Crippen LogP contribution in [0.25, 0.3) is 11.5 Å². The van der Waals surface area contributed by atoms with Crippen molar-refractivity contribution in [1.82, 2.24) is 24.6 Å². The summed E-state index contributed by atoms with van der Waals surface area (Å²) in [6, 6.07) is 16.9. The number of fused-ring (bicyclic) bond motifs is 1. The van der Waals surface area contributed by atoms with Crippen molar-refractivity contribution in [3.05, 3.63) is 84.3 Å². The van der Waals surface area contributed by atoms with Crippen molar-refractivity contribution in [3.8, 4) is 11.5 Å². The van der Waals surface area contributed by atoms with Crippen LogP contribution in [0.15, 0.2) is 82.7 Å². The minimum atomic E-state index is -4.00. The van der Waals surface area contributed by atoms with Gasteiger partial charge < -0.3 is 9.88 Å². The summed E-state index contributed by atoms with van der Waals surface area (Å²) in [5.74, 6) is 0.995. The van der Waals surface area contributed by atoms with E-state index in [1.165, 1.54) is 35.7 Å². The average molecular weight is 534 g/mol. The average Bonchev–Trinajstić information content (AvgIpc) is 3.56. The molecule has 0 radical (unpaired) electrons. The molecule has 0 unspecified atom stereocenters. The van der Waals surface area contributed by atoms with Crippen molar-refractivity contribution in [2.75, 3.05) is 0 Å². The van der Waals surface area contributed by atoms with Crippen molar-refractivity contribution in [2.24, 2.45) is 7.05 Å². The van der Waals surface area contributed by atoms with Gasteiger partial charge in [-0.15, -0.1) is 0 Å². The quantitative estimate of drug-likeness (QED) is 0.336. The van der Waals surface area contributed by atoms with Crippen LogP contribution in [0.3, 0.4) is 0 Å². The summed E-state index contributed by atoms with van der Waals surface area (Å²) in [6.07, 6.45) is 1.95. The maximum atomic E-state index is 10.4. The molecule has 1 aliphatic rings. The van der Waals surface area contributed by atoms with E-state index in [0.29, 0.717) is 0 Å². The lowest BCUT2D eigenvalue weighted by molar-refractivity contribution is 0.481. The monoisotopic (exact) mass is 533 g/mol. The summed E-state index contributed by atoms with van der Waals surface area (Å²) in [4.78, 5) is 4.52. The number of nitrogens with zero attached hydrogens (tertiary/aromatic N) is 4. The highest BCUT2D eigenvalue weighted by atomic mass is 32.2. The molecule has 5 rings (SSSR count). The van der Waals surface area contributed by atoms with Crippen LogP contribution in [0.2, 0.25) is 0 Å². The summed E-state index contributed by atoms with van der Waals surface area (Å²) in [5.41, 5.74) is 3.43. The molecular formula is C23H27N5O6S2. The van der Waals surface area contributed by atoms with Gasteiger partial charge in [-0.25, -0.2) is 4.98 Å². The van der Waals surface area contributed by atoms with Gasteiger partial charge in [0.1, 0.15) is 5.69 Å². The largest absolute Gasteiger partial charge is 0.325 e. The molecule has 13 heteroatoms. The molecule has 4 aromatic rings. The van der Waals surface area contributed by atoms with Crippen molar-refractivity contribution in [3.63, 3.8) is 0 Å². The van der Waals surface area contributed by atoms with Crippen LogP contribution < -0.4 is 5.32 Å². The van der Waals surface area contributed by atoms with Crippen molar-refractivity contribution < 1.29 is 25.9 Å². The van der Waals surface area contributed by atoms with E-state index in [2.05, 4.69) is 26.9 Å². The minimum Gasteiger partial charge on any atom is -0.325 e. The second kappa shape index (κ2) is 11.6. The lowest BCUT2D eigenvalue weighted by Crippen LogP contribution is -2.08. The Bertz CT molecular complexity index is 1430. The van der Waals surface area contributed by atoms with Gasteiger partial charge in [-0.1, -0.05) is 36.4 Å². The smallest absolute Gasteiger partial charge is 0.294 e. The fourth-order valence-corrected chi connectivity index (χ4v) is 4.43. The van der Waals surface area contributed by atoms with Crippen molar-refractivity contribution in [2.45, 2.75) is 36.3 Å². The van der Waals surface area contributed by atoms with Gasteiger partial charge in [0.2, 0.25) is 0 Å². The topological polar surface area (TPSA) is 156 Å². The Hall–Kier alpha value is -3.36. The normalized spacial score (nSPS) is 12.7. The zero-order valence-electron chi connectivity index (χ0n) is 19.7. The Balaban J connectivity index is 0.000000159. The van der Waals surface area contributed by atoms with E-state index in [4.69, 9.17) is 9.11 Å². The zero-order valence-corrected chi connectivity index (χ0v) is 21.3. The van der Waals surface area contributed by atoms with E-state index in [-0.39, 0.29) is 9.79 Å². The molecule has 3 N–H and O–H groups in total. The molecule has 2 aromatic heterocycles. The lowest BCUT2D eigenvalue weighted by Gasteiger charge is -2.05. The molecule has 0 saturated carbocycles. The second-order valence-electron chi connectivity index (χ2n) is 7.63. The lowest BCUT2D eigenvalue weighted by atomic mass is 10.4. The molecule has 3 heterocycles. The first-order valence-electron chi connectivity index (χ1n) is 10.8. The number of rotatable bonds is 4. The zero-order chi connectivity index (χ0) is 26.3. The highest BCUT2D eigenvalue weighted by Gasteiger charge is 2.21. The summed E-state index contributed by atoms with van der Waals surface area (Å²) >= 11 is 0. The highest BCUT2D eigenvalue weighted by molar-refractivity contribution is 7.86. The van der Waals surface area contributed by atoms with Crippen LogP contribution in [0, 0.1) is 0 Å². The van der Waals surface area contributed by atoms with Crippen LogP contribution in [0.4, 0.5) is 0 Å². The van der Waals surface area contributed by atoms with Gasteiger partial charge in [0, 0.05) is 32.9 Å². The number of aryl methyl sites for hydroxylation is 1. The molecule has 0 saturated heterocycles. The number of hydrogen-bond acceptors (Lipinski definition) is 7. The van der Waals surface area contributed by atoms with Gasteiger partial charge in [-0.05, 0) is 37.3 Å². The van der Waals surface area contributed by atoms with Gasteiger partial charge >= 0.3 is 0 Å². The van der Waals surface area contributed by atoms with E-state index in [1.807, 2.05) is 24.0 Å². The van der Waals surface area contributed by atoms with Gasteiger partial charge in [-0.2, -0.15) is 21.9 Å². The molecule has 1 aliphatic heterocycles. The molecular weight excluding hydrogens is 506 g/mol. The minimum absolute atomic E-state index is 0.0741. The van der Waals surface area contributed by atoms with Crippen LogP contribution in [0.5, 0.6) is 0 Å². The second-order valence-corrected chi connectivity index (χ2v) is 10.5. The molecule has 36 heavy (non-hydrogen) atoms. The third-order valence-corrected chi connectivity index (χ3v) is 6.82. The van der Waals surface area contributed by atoms with E-state index < -0.39 is 20.2 Å². The molecule has 11 nitrogen and oxygen atoms in total. The predicted molar refractivity (Wildman–Crippen MR) is 133 cm³/mol. The van der Waals surface area contributed by atoms with Gasteiger partial charge in [0.05, 0.1) is 21.2 Å². The summed E-state index contributed by atoms with van der Waals surface area (Å²) in [6.45, 7) is 4.88. The number of aromatic nitrogens is 4. The van der Waals surface area contributed by atoms with Crippen LogP contribution in [-0.4, -0.2) is 45.3 Å². The molecule has 0 fully saturated rings. The molecule has 0 aliphatic carbocycles. The fourth-order valence-electron chi connectivity index (χ4n) is 3.43. The summed E-state index contributed by atoms with van der Waals surface area (Å²) < 4.78 is 62.5. The molecule has 0 atom stereocenters. The van der Waals surface area contributed by atoms with Crippen LogP contribution >= 0.6 is 0 Å². The standard InChI is InChI=1S/C11H15N5.2C6H6O3S/c1-3-16-10-7-12-6-9(10)13-11(16)8-4-5-15(2)14-8;2*7-10(8,9)6-4-2-1-3-5-6/h4-5,12H,3,6-7H2,1-2H3;2*1-5H,(H,7,8,9). The first-order chi connectivity index (χ1) is 17.0. The summed E-state index contributed by atoms with van der Waals surface area (Å²) in [5, 5.41) is 7.73. The predicted octanol–water partition coefficient (Wildman–Crippen LogP) is 2.77. The first kappa shape index (κ1) is 27.2. The van der Waals surface area contributed by atoms with Gasteiger partial charge in [0.25, 0.3) is 20.2 Å². The Morgan fingerprint density at radius 3 is 1.78 bits per heavy atom. The number of benzene rings is 2. The van der Waals surface area contributed by atoms with Gasteiger partial charge in [0.15, 0.2) is 5.82 Å². The Kier molecular flexibility index (Phi) is 8.76. The Morgan fingerprint density at radius 2 is 1.39 bits per heavy atom. The van der Waals surface area contributed by atoms with Crippen LogP contribution in [0.1, 0.15) is 18.3 Å². The Labute approximate surface area is 209 Å². The number of imidazole rings is 1. The molecule has 192 valence electrons. The molecule has 0 amide bonds. The molecule has 0 spiro atoms. The van der Waals surface area contributed by atoms with Crippen LogP contribution in [-0.2, 0) is 46.9 Å². The SMILES string of the molecule is CCn1c(-c2ccn(C)n2)nc2c1CNC2.O=S(=O)(O)c1ccccc1.O=S(=O)(O)c1ccccc1. The third-order valence-electron chi connectivity index (χ3n) is 5.08. The third kappa shape index (κ3) is 7.08. The fraction of sp³-hybridized carbons (Fsp3) is 0.217. The summed E-state index contributed by atoms with van der Waals surface area (Å²) in [7, 11) is -6.08. The van der Waals surface area contributed by atoms with E-state index in [1.54, 1.807) is 36.4 Å². The van der Waals surface area contributed by atoms with Crippen molar-refractivity contribution in [1.29, 1.82) is 0 Å². The van der Waals surface area contributed by atoms with E-state index >= 15 is 0 Å². The van der Waals surface area contributed by atoms with E-state index in [9.17, 15) is 16.8 Å². The van der Waals surface area contributed by atoms with Gasteiger partial charge in [-0.3, -0.25) is 13.8 Å². The highest BCUT2D eigenvalue weighted by Crippen LogP contribution is 2.23. The number of nitrogens with one attached hydrogen (secondary N) is 1. The molecule has 2 aromatic carbocycles. The first-order valence-corrected chi connectivity index (χ1v) is 13.7. The van der Waals surface area contributed by atoms with E-state index in [0.717, 1.165) is 31.2 Å². The molecule has 0 bridgehead atoms. The maximum Gasteiger partial charge on any atom is 0.294 e.